The zero-order valence-corrected chi connectivity index (χ0v) is 17.7. The molecule has 3 aromatic rings. The van der Waals surface area contributed by atoms with Crippen molar-refractivity contribution in [2.45, 2.75) is 25.9 Å². The van der Waals surface area contributed by atoms with Crippen LogP contribution in [0.5, 0.6) is 0 Å². The van der Waals surface area contributed by atoms with Crippen molar-refractivity contribution in [3.63, 3.8) is 0 Å². The molecule has 3 N–H and O–H groups in total. The van der Waals surface area contributed by atoms with Crippen molar-refractivity contribution in [3.8, 4) is 0 Å². The number of aromatic nitrogens is 1. The SMILES string of the molecule is CC(OC(=O)c1cc2ccccc2nc1N1CCCC1)C(=O)Nc1ccc(C(N)=O)cc1. The Morgan fingerprint density at radius 3 is 2.44 bits per heavy atom. The van der Waals surface area contributed by atoms with Crippen LogP contribution in [0.15, 0.2) is 54.6 Å². The molecule has 0 bridgehead atoms. The van der Waals surface area contributed by atoms with Gasteiger partial charge < -0.3 is 20.7 Å². The van der Waals surface area contributed by atoms with E-state index in [4.69, 9.17) is 15.5 Å². The van der Waals surface area contributed by atoms with Crippen molar-refractivity contribution in [1.82, 2.24) is 4.98 Å². The summed E-state index contributed by atoms with van der Waals surface area (Å²) in [6, 6.07) is 15.5. The fraction of sp³-hybridized carbons (Fsp3) is 0.250. The molecule has 1 aromatic heterocycles. The highest BCUT2D eigenvalue weighted by Crippen LogP contribution is 2.27. The fourth-order valence-corrected chi connectivity index (χ4v) is 3.67. The van der Waals surface area contributed by atoms with Gasteiger partial charge in [0.05, 0.1) is 5.52 Å². The number of esters is 1. The molecule has 4 rings (SSSR count). The number of amides is 2. The van der Waals surface area contributed by atoms with E-state index in [-0.39, 0.29) is 0 Å². The van der Waals surface area contributed by atoms with Crippen molar-refractivity contribution in [2.75, 3.05) is 23.3 Å². The van der Waals surface area contributed by atoms with Crippen LogP contribution in [-0.2, 0) is 9.53 Å². The minimum atomic E-state index is -1.03. The maximum atomic E-state index is 13.0. The topological polar surface area (TPSA) is 115 Å². The molecule has 164 valence electrons. The Hall–Kier alpha value is -3.94. The van der Waals surface area contributed by atoms with Crippen molar-refractivity contribution in [2.24, 2.45) is 5.73 Å². The molecule has 8 heteroatoms. The molecular weight excluding hydrogens is 408 g/mol. The molecule has 0 spiro atoms. The van der Waals surface area contributed by atoms with E-state index >= 15 is 0 Å². The molecule has 1 aliphatic heterocycles. The first-order valence-electron chi connectivity index (χ1n) is 10.5. The zero-order chi connectivity index (χ0) is 22.7. The minimum Gasteiger partial charge on any atom is -0.449 e. The number of carbonyl (C=O) groups is 3. The Kier molecular flexibility index (Phi) is 6.02. The Labute approximate surface area is 185 Å². The number of rotatable bonds is 6. The van der Waals surface area contributed by atoms with Gasteiger partial charge in [-0.25, -0.2) is 9.78 Å². The second-order valence-electron chi connectivity index (χ2n) is 7.72. The highest BCUT2D eigenvalue weighted by molar-refractivity contribution is 6.02. The molecule has 1 saturated heterocycles. The molecule has 1 atom stereocenters. The van der Waals surface area contributed by atoms with Crippen molar-refractivity contribution < 1.29 is 19.1 Å². The molecule has 8 nitrogen and oxygen atoms in total. The summed E-state index contributed by atoms with van der Waals surface area (Å²) in [5.74, 6) is -1.05. The average Bonchev–Trinajstić information content (AvgIpc) is 3.33. The summed E-state index contributed by atoms with van der Waals surface area (Å²) >= 11 is 0. The number of hydrogen-bond acceptors (Lipinski definition) is 6. The van der Waals surface area contributed by atoms with Gasteiger partial charge in [0.25, 0.3) is 5.91 Å². The Morgan fingerprint density at radius 1 is 1.06 bits per heavy atom. The largest absolute Gasteiger partial charge is 0.449 e. The van der Waals surface area contributed by atoms with E-state index in [1.807, 2.05) is 24.3 Å². The predicted molar refractivity (Wildman–Crippen MR) is 122 cm³/mol. The van der Waals surface area contributed by atoms with Crippen molar-refractivity contribution in [1.29, 1.82) is 0 Å². The predicted octanol–water partition coefficient (Wildman–Crippen LogP) is 3.12. The molecule has 0 saturated carbocycles. The molecule has 2 aromatic carbocycles. The first-order valence-corrected chi connectivity index (χ1v) is 10.5. The van der Waals surface area contributed by atoms with Gasteiger partial charge in [0.15, 0.2) is 6.10 Å². The highest BCUT2D eigenvalue weighted by atomic mass is 16.5. The van der Waals surface area contributed by atoms with E-state index in [1.165, 1.54) is 19.1 Å². The summed E-state index contributed by atoms with van der Waals surface area (Å²) in [6.07, 6.45) is 1.04. The molecule has 0 aliphatic carbocycles. The number of benzene rings is 2. The van der Waals surface area contributed by atoms with Crippen LogP contribution >= 0.6 is 0 Å². The van der Waals surface area contributed by atoms with Crippen LogP contribution in [-0.4, -0.2) is 42.0 Å². The van der Waals surface area contributed by atoms with Crippen LogP contribution in [0.25, 0.3) is 10.9 Å². The number of pyridine rings is 1. The van der Waals surface area contributed by atoms with Gasteiger partial charge in [0.1, 0.15) is 11.4 Å². The summed E-state index contributed by atoms with van der Waals surface area (Å²) < 4.78 is 5.49. The number of ether oxygens (including phenoxy) is 1. The van der Waals surface area contributed by atoms with E-state index in [1.54, 1.807) is 18.2 Å². The Morgan fingerprint density at radius 2 is 1.75 bits per heavy atom. The van der Waals surface area contributed by atoms with Gasteiger partial charge in [-0.15, -0.1) is 0 Å². The summed E-state index contributed by atoms with van der Waals surface area (Å²) in [5.41, 5.74) is 7.17. The van der Waals surface area contributed by atoms with Crippen LogP contribution in [0, 0.1) is 0 Å². The summed E-state index contributed by atoms with van der Waals surface area (Å²) in [7, 11) is 0. The average molecular weight is 432 g/mol. The van der Waals surface area contributed by atoms with Gasteiger partial charge in [-0.1, -0.05) is 18.2 Å². The van der Waals surface area contributed by atoms with Crippen LogP contribution in [0.2, 0.25) is 0 Å². The molecule has 2 heterocycles. The van der Waals surface area contributed by atoms with Gasteiger partial charge in [-0.05, 0) is 56.2 Å². The van der Waals surface area contributed by atoms with Crippen LogP contribution < -0.4 is 16.0 Å². The van der Waals surface area contributed by atoms with E-state index in [2.05, 4.69) is 10.2 Å². The fourth-order valence-electron chi connectivity index (χ4n) is 3.67. The van der Waals surface area contributed by atoms with Gasteiger partial charge in [0.2, 0.25) is 5.91 Å². The zero-order valence-electron chi connectivity index (χ0n) is 17.7. The number of nitrogens with one attached hydrogen (secondary N) is 1. The number of hydrogen-bond donors (Lipinski definition) is 2. The molecule has 1 unspecified atom stereocenters. The number of primary amides is 1. The lowest BCUT2D eigenvalue weighted by Crippen LogP contribution is -2.31. The molecule has 32 heavy (non-hydrogen) atoms. The summed E-state index contributed by atoms with van der Waals surface area (Å²) in [5, 5.41) is 3.50. The second-order valence-corrected chi connectivity index (χ2v) is 7.72. The van der Waals surface area contributed by atoms with Gasteiger partial charge in [0, 0.05) is 29.7 Å². The van der Waals surface area contributed by atoms with E-state index in [0.717, 1.165) is 36.8 Å². The molecule has 2 amide bonds. The highest BCUT2D eigenvalue weighted by Gasteiger charge is 2.26. The number of fused-ring (bicyclic) bond motifs is 1. The second kappa shape index (κ2) is 9.05. The van der Waals surface area contributed by atoms with Crippen molar-refractivity contribution in [3.05, 3.63) is 65.7 Å². The van der Waals surface area contributed by atoms with Crippen LogP contribution in [0.4, 0.5) is 11.5 Å². The van der Waals surface area contributed by atoms with Crippen molar-refractivity contribution >= 4 is 40.2 Å². The quantitative estimate of drug-likeness (QED) is 0.579. The van der Waals surface area contributed by atoms with Crippen LogP contribution in [0.1, 0.15) is 40.5 Å². The van der Waals surface area contributed by atoms with E-state index in [0.29, 0.717) is 22.6 Å². The first kappa shape index (κ1) is 21.3. The number of nitrogens with two attached hydrogens (primary N) is 1. The lowest BCUT2D eigenvalue weighted by atomic mass is 10.1. The van der Waals surface area contributed by atoms with Crippen LogP contribution in [0.3, 0.4) is 0 Å². The number of anilines is 2. The Balaban J connectivity index is 1.51. The molecule has 0 radical (unpaired) electrons. The third-order valence-corrected chi connectivity index (χ3v) is 5.42. The first-order chi connectivity index (χ1) is 15.4. The normalized spacial score (nSPS) is 14.2. The van der Waals surface area contributed by atoms with E-state index < -0.39 is 23.9 Å². The lowest BCUT2D eigenvalue weighted by molar-refractivity contribution is -0.123. The lowest BCUT2D eigenvalue weighted by Gasteiger charge is -2.21. The molecular formula is C24H24N4O4. The number of nitrogens with zero attached hydrogens (tertiary/aromatic N) is 2. The van der Waals surface area contributed by atoms with Gasteiger partial charge >= 0.3 is 5.97 Å². The monoisotopic (exact) mass is 432 g/mol. The third kappa shape index (κ3) is 4.54. The molecule has 1 fully saturated rings. The third-order valence-electron chi connectivity index (χ3n) is 5.42. The summed E-state index contributed by atoms with van der Waals surface area (Å²) in [6.45, 7) is 3.15. The van der Waals surface area contributed by atoms with E-state index in [9.17, 15) is 14.4 Å². The number of para-hydroxylation sites is 1. The molecule has 1 aliphatic rings. The van der Waals surface area contributed by atoms with Gasteiger partial charge in [-0.2, -0.15) is 0 Å². The van der Waals surface area contributed by atoms with Gasteiger partial charge in [-0.3, -0.25) is 9.59 Å². The maximum absolute atomic E-state index is 13.0. The number of carbonyl (C=O) groups excluding carboxylic acids is 3. The smallest absolute Gasteiger partial charge is 0.342 e. The standard InChI is InChI=1S/C24H24N4O4/c1-15(23(30)26-18-10-8-16(9-11-18)21(25)29)32-24(31)19-14-17-6-2-3-7-20(17)27-22(19)28-12-4-5-13-28/h2-3,6-11,14-15H,4-5,12-13H2,1H3,(H2,25,29)(H,26,30). The minimum absolute atomic E-state index is 0.334. The summed E-state index contributed by atoms with van der Waals surface area (Å²) in [4.78, 5) is 43.5. The Bertz CT molecular complexity index is 1170. The maximum Gasteiger partial charge on any atom is 0.342 e.